The van der Waals surface area contributed by atoms with Gasteiger partial charge in [-0.05, 0) is 37.0 Å². The smallest absolute Gasteiger partial charge is 0.306 e. The average molecular weight is 962 g/mol. The molecule has 0 radical (unpaired) electrons. The predicted octanol–water partition coefficient (Wildman–Crippen LogP) is 20.3. The lowest BCUT2D eigenvalue weighted by Crippen LogP contribution is -2.30. The van der Waals surface area contributed by atoms with Crippen LogP contribution in [-0.4, -0.2) is 37.2 Å². The van der Waals surface area contributed by atoms with Gasteiger partial charge in [-0.1, -0.05) is 305 Å². The molecule has 0 heterocycles. The van der Waals surface area contributed by atoms with Crippen molar-refractivity contribution in [1.82, 2.24) is 0 Å². The van der Waals surface area contributed by atoms with E-state index in [2.05, 4.69) is 41.5 Å². The number of carbonyl (C=O) groups excluding carboxylic acids is 3. The molecular formula is C62H120O6. The molecule has 0 aliphatic rings. The fourth-order valence-electron chi connectivity index (χ4n) is 9.47. The monoisotopic (exact) mass is 961 g/mol. The van der Waals surface area contributed by atoms with Gasteiger partial charge < -0.3 is 14.2 Å². The van der Waals surface area contributed by atoms with Crippen molar-refractivity contribution in [3.05, 3.63) is 0 Å². The Hall–Kier alpha value is -1.59. The van der Waals surface area contributed by atoms with Crippen molar-refractivity contribution in [1.29, 1.82) is 0 Å². The second-order valence-electron chi connectivity index (χ2n) is 22.3. The number of carbonyl (C=O) groups is 3. The fraction of sp³-hybridized carbons (Fsp3) is 0.952. The van der Waals surface area contributed by atoms with Crippen molar-refractivity contribution in [2.24, 2.45) is 17.8 Å². The number of hydrogen-bond donors (Lipinski definition) is 0. The Bertz CT molecular complexity index is 1060. The van der Waals surface area contributed by atoms with E-state index in [1.54, 1.807) is 0 Å². The quantitative estimate of drug-likeness (QED) is 0.0343. The zero-order valence-electron chi connectivity index (χ0n) is 46.9. The molecule has 0 saturated heterocycles. The number of unbranched alkanes of at least 4 members (excludes halogenated alkanes) is 36. The summed E-state index contributed by atoms with van der Waals surface area (Å²) in [7, 11) is 0. The number of hydrogen-bond acceptors (Lipinski definition) is 6. The minimum atomic E-state index is -0.764. The standard InChI is InChI=1S/C62H120O6/c1-7-57(5)49-43-37-31-25-19-15-13-11-9-10-12-14-16-20-29-35-41-47-53-62(65)68-59(54-66-60(63)51-45-39-33-27-21-17-18-24-30-36-42-48-56(3)4)55-67-61(64)52-46-40-34-28-23-22-26-32-38-44-50-58(6)8-2/h56-59H,7-55H2,1-6H3/t57?,58?,59-/m0/s1. The highest BCUT2D eigenvalue weighted by Gasteiger charge is 2.19. The normalized spacial score (nSPS) is 12.9. The number of ether oxygens (including phenoxy) is 3. The molecule has 0 aliphatic heterocycles. The Morgan fingerprint density at radius 3 is 0.765 bits per heavy atom. The lowest BCUT2D eigenvalue weighted by atomic mass is 9.99. The van der Waals surface area contributed by atoms with Gasteiger partial charge in [0.05, 0.1) is 0 Å². The highest BCUT2D eigenvalue weighted by molar-refractivity contribution is 5.71. The summed E-state index contributed by atoms with van der Waals surface area (Å²) in [6.45, 7) is 13.8. The Morgan fingerprint density at radius 1 is 0.294 bits per heavy atom. The summed E-state index contributed by atoms with van der Waals surface area (Å²) in [5, 5.41) is 0. The molecule has 6 nitrogen and oxygen atoms in total. The molecule has 6 heteroatoms. The van der Waals surface area contributed by atoms with E-state index in [0.717, 1.165) is 75.5 Å². The van der Waals surface area contributed by atoms with E-state index < -0.39 is 6.10 Å². The molecule has 0 spiro atoms. The van der Waals surface area contributed by atoms with Crippen molar-refractivity contribution in [2.45, 2.75) is 349 Å². The summed E-state index contributed by atoms with van der Waals surface area (Å²) in [6, 6.07) is 0. The fourth-order valence-corrected chi connectivity index (χ4v) is 9.47. The van der Waals surface area contributed by atoms with E-state index in [1.807, 2.05) is 0 Å². The first-order chi connectivity index (χ1) is 33.2. The predicted molar refractivity (Wildman–Crippen MR) is 293 cm³/mol. The van der Waals surface area contributed by atoms with Crippen LogP contribution in [0.2, 0.25) is 0 Å². The van der Waals surface area contributed by atoms with E-state index >= 15 is 0 Å². The number of rotatable bonds is 55. The molecular weight excluding hydrogens is 841 g/mol. The Balaban J connectivity index is 4.27. The minimum absolute atomic E-state index is 0.0635. The van der Waals surface area contributed by atoms with Crippen molar-refractivity contribution >= 4 is 17.9 Å². The Kier molecular flexibility index (Phi) is 52.0. The third kappa shape index (κ3) is 52.2. The van der Waals surface area contributed by atoms with Gasteiger partial charge in [-0.15, -0.1) is 0 Å². The van der Waals surface area contributed by atoms with Crippen LogP contribution in [0.25, 0.3) is 0 Å². The van der Waals surface area contributed by atoms with Crippen LogP contribution in [0.5, 0.6) is 0 Å². The molecule has 0 bridgehead atoms. The Labute approximate surface area is 425 Å². The number of esters is 3. The molecule has 0 saturated carbocycles. The van der Waals surface area contributed by atoms with E-state index in [-0.39, 0.29) is 31.1 Å². The summed E-state index contributed by atoms with van der Waals surface area (Å²) in [4.78, 5) is 38.2. The van der Waals surface area contributed by atoms with E-state index in [9.17, 15) is 14.4 Å². The lowest BCUT2D eigenvalue weighted by molar-refractivity contribution is -0.167. The van der Waals surface area contributed by atoms with Crippen molar-refractivity contribution < 1.29 is 28.6 Å². The molecule has 0 aromatic carbocycles. The minimum Gasteiger partial charge on any atom is -0.462 e. The lowest BCUT2D eigenvalue weighted by Gasteiger charge is -2.18. The van der Waals surface area contributed by atoms with Crippen LogP contribution in [0.3, 0.4) is 0 Å². The van der Waals surface area contributed by atoms with Gasteiger partial charge >= 0.3 is 17.9 Å². The average Bonchev–Trinajstić information content (AvgIpc) is 3.33. The first kappa shape index (κ1) is 66.4. The SMILES string of the molecule is CCC(C)CCCCCCCCCCCCCCCCCCCCC(=O)O[C@@H](COC(=O)CCCCCCCCCCCCCC(C)C)COC(=O)CCCCCCCCCCCCC(C)CC. The van der Waals surface area contributed by atoms with Gasteiger partial charge in [0, 0.05) is 19.3 Å². The second kappa shape index (κ2) is 53.2. The van der Waals surface area contributed by atoms with E-state index in [4.69, 9.17) is 14.2 Å². The maximum Gasteiger partial charge on any atom is 0.306 e. The summed E-state index contributed by atoms with van der Waals surface area (Å²) in [5.41, 5.74) is 0. The van der Waals surface area contributed by atoms with Gasteiger partial charge in [-0.3, -0.25) is 14.4 Å². The van der Waals surface area contributed by atoms with Crippen LogP contribution in [0.1, 0.15) is 343 Å². The van der Waals surface area contributed by atoms with Crippen LogP contribution in [-0.2, 0) is 28.6 Å². The van der Waals surface area contributed by atoms with Crippen LogP contribution < -0.4 is 0 Å². The van der Waals surface area contributed by atoms with Crippen molar-refractivity contribution in [3.63, 3.8) is 0 Å². The van der Waals surface area contributed by atoms with Crippen molar-refractivity contribution in [3.8, 4) is 0 Å². The molecule has 0 N–H and O–H groups in total. The summed E-state index contributed by atoms with van der Waals surface area (Å²) in [6.07, 6.45) is 56.6. The van der Waals surface area contributed by atoms with Crippen LogP contribution >= 0.6 is 0 Å². The van der Waals surface area contributed by atoms with Crippen LogP contribution in [0.4, 0.5) is 0 Å². The molecule has 0 amide bonds. The van der Waals surface area contributed by atoms with E-state index in [1.165, 1.54) is 225 Å². The zero-order valence-corrected chi connectivity index (χ0v) is 46.9. The molecule has 0 aliphatic carbocycles. The third-order valence-electron chi connectivity index (χ3n) is 14.9. The van der Waals surface area contributed by atoms with Gasteiger partial charge in [-0.25, -0.2) is 0 Å². The molecule has 68 heavy (non-hydrogen) atoms. The maximum atomic E-state index is 12.9. The molecule has 404 valence electrons. The van der Waals surface area contributed by atoms with E-state index in [0.29, 0.717) is 19.3 Å². The largest absolute Gasteiger partial charge is 0.462 e. The summed E-state index contributed by atoms with van der Waals surface area (Å²) in [5.74, 6) is 1.76. The van der Waals surface area contributed by atoms with Gasteiger partial charge in [0.1, 0.15) is 13.2 Å². The van der Waals surface area contributed by atoms with Gasteiger partial charge in [0.25, 0.3) is 0 Å². The van der Waals surface area contributed by atoms with Gasteiger partial charge in [0.2, 0.25) is 0 Å². The maximum absolute atomic E-state index is 12.9. The third-order valence-corrected chi connectivity index (χ3v) is 14.9. The first-order valence-electron chi connectivity index (χ1n) is 30.7. The summed E-state index contributed by atoms with van der Waals surface area (Å²) < 4.78 is 16.9. The summed E-state index contributed by atoms with van der Waals surface area (Å²) >= 11 is 0. The topological polar surface area (TPSA) is 78.9 Å². The zero-order chi connectivity index (χ0) is 49.8. The van der Waals surface area contributed by atoms with Crippen molar-refractivity contribution in [2.75, 3.05) is 13.2 Å². The van der Waals surface area contributed by atoms with Gasteiger partial charge in [-0.2, -0.15) is 0 Å². The molecule has 2 unspecified atom stereocenters. The van der Waals surface area contributed by atoms with Gasteiger partial charge in [0.15, 0.2) is 6.10 Å². The van der Waals surface area contributed by atoms with Crippen LogP contribution in [0.15, 0.2) is 0 Å². The van der Waals surface area contributed by atoms with Crippen LogP contribution in [0, 0.1) is 17.8 Å². The Morgan fingerprint density at radius 2 is 0.515 bits per heavy atom. The molecule has 0 rings (SSSR count). The molecule has 3 atom stereocenters. The first-order valence-corrected chi connectivity index (χ1v) is 30.7. The molecule has 0 aromatic heterocycles. The molecule has 0 fully saturated rings. The second-order valence-corrected chi connectivity index (χ2v) is 22.3. The highest BCUT2D eigenvalue weighted by atomic mass is 16.6. The molecule has 0 aromatic rings. The highest BCUT2D eigenvalue weighted by Crippen LogP contribution is 2.19.